The van der Waals surface area contributed by atoms with E-state index in [0.717, 1.165) is 41.0 Å². The van der Waals surface area contributed by atoms with Crippen LogP contribution in [0.2, 0.25) is 0 Å². The monoisotopic (exact) mass is 423 g/mol. The Bertz CT molecular complexity index is 1030. The van der Waals surface area contributed by atoms with Gasteiger partial charge in [-0.3, -0.25) is 9.36 Å². The largest absolute Gasteiger partial charge is 0.378 e. The lowest BCUT2D eigenvalue weighted by Crippen LogP contribution is -2.37. The molecule has 3 aromatic rings. The van der Waals surface area contributed by atoms with Gasteiger partial charge in [-0.2, -0.15) is 0 Å². The van der Waals surface area contributed by atoms with E-state index in [1.165, 1.54) is 17.3 Å². The van der Waals surface area contributed by atoms with Gasteiger partial charge in [0.15, 0.2) is 11.0 Å². The fourth-order valence-corrected chi connectivity index (χ4v) is 4.16. The number of thioether (sulfide) groups is 1. The first-order valence-electron chi connectivity index (χ1n) is 9.93. The lowest BCUT2D eigenvalue weighted by atomic mass is 10.1. The number of imidazole rings is 1. The highest BCUT2D eigenvalue weighted by atomic mass is 32.2. The number of hydrogen-bond acceptors (Lipinski definition) is 6. The summed E-state index contributed by atoms with van der Waals surface area (Å²) in [5.41, 5.74) is 4.15. The van der Waals surface area contributed by atoms with E-state index < -0.39 is 0 Å². The topological polar surface area (TPSA) is 72.3 Å². The number of carbonyl (C=O) groups excluding carboxylic acids is 1. The predicted octanol–water partition coefficient (Wildman–Crippen LogP) is 3.45. The molecule has 0 unspecified atom stereocenters. The molecule has 4 rings (SSSR count). The average molecular weight is 424 g/mol. The van der Waals surface area contributed by atoms with E-state index >= 15 is 0 Å². The molecule has 3 heterocycles. The molecular formula is C22H25N5O2S. The number of aromatic nitrogens is 3. The number of benzene rings is 1. The van der Waals surface area contributed by atoms with Gasteiger partial charge in [0.05, 0.1) is 30.3 Å². The summed E-state index contributed by atoms with van der Waals surface area (Å²) in [6.45, 7) is 7.01. The van der Waals surface area contributed by atoms with Crippen molar-refractivity contribution in [1.82, 2.24) is 14.5 Å². The molecule has 30 heavy (non-hydrogen) atoms. The van der Waals surface area contributed by atoms with Crippen molar-refractivity contribution in [1.29, 1.82) is 0 Å². The standard InChI is InChI=1S/C22H25N5O2S/c1-16-5-6-17(2)19(14-16)27-9-8-24-22(27)30-15-20(28)25-18-4-3-7-23-21(18)26-10-12-29-13-11-26/h3-9,14H,10-13,15H2,1-2H3,(H,25,28). The van der Waals surface area contributed by atoms with E-state index in [1.54, 1.807) is 12.4 Å². The highest BCUT2D eigenvalue weighted by molar-refractivity contribution is 7.99. The Morgan fingerprint density at radius 2 is 2.00 bits per heavy atom. The van der Waals surface area contributed by atoms with Crippen molar-refractivity contribution < 1.29 is 9.53 Å². The van der Waals surface area contributed by atoms with E-state index in [1.807, 2.05) is 22.9 Å². The normalized spacial score (nSPS) is 14.0. The molecule has 0 saturated carbocycles. The number of ether oxygens (including phenoxy) is 1. The van der Waals surface area contributed by atoms with Crippen LogP contribution in [0.4, 0.5) is 11.5 Å². The summed E-state index contributed by atoms with van der Waals surface area (Å²) in [6, 6.07) is 10.0. The van der Waals surface area contributed by atoms with Gasteiger partial charge in [-0.15, -0.1) is 0 Å². The first kappa shape index (κ1) is 20.4. The third kappa shape index (κ3) is 4.66. The van der Waals surface area contributed by atoms with E-state index in [2.05, 4.69) is 52.2 Å². The van der Waals surface area contributed by atoms with Crippen molar-refractivity contribution in [2.24, 2.45) is 0 Å². The Balaban J connectivity index is 1.44. The third-order valence-corrected chi connectivity index (χ3v) is 5.90. The van der Waals surface area contributed by atoms with Gasteiger partial charge in [0, 0.05) is 31.7 Å². The van der Waals surface area contributed by atoms with Crippen LogP contribution in [0, 0.1) is 13.8 Å². The molecule has 1 aliphatic heterocycles. The molecule has 1 amide bonds. The van der Waals surface area contributed by atoms with Crippen LogP contribution in [0.3, 0.4) is 0 Å². The molecule has 8 heteroatoms. The second-order valence-electron chi connectivity index (χ2n) is 7.18. The van der Waals surface area contributed by atoms with E-state index in [0.29, 0.717) is 13.2 Å². The molecule has 2 aromatic heterocycles. The first-order valence-corrected chi connectivity index (χ1v) is 10.9. The van der Waals surface area contributed by atoms with Crippen LogP contribution in [0.15, 0.2) is 54.1 Å². The zero-order chi connectivity index (χ0) is 20.9. The minimum Gasteiger partial charge on any atom is -0.378 e. The van der Waals surface area contributed by atoms with E-state index in [-0.39, 0.29) is 11.7 Å². The van der Waals surface area contributed by atoms with Crippen LogP contribution < -0.4 is 10.2 Å². The van der Waals surface area contributed by atoms with Crippen LogP contribution in [-0.2, 0) is 9.53 Å². The molecule has 7 nitrogen and oxygen atoms in total. The third-order valence-electron chi connectivity index (χ3n) is 4.93. The second-order valence-corrected chi connectivity index (χ2v) is 8.12. The number of morpholine rings is 1. The van der Waals surface area contributed by atoms with Gasteiger partial charge in [0.25, 0.3) is 0 Å². The second kappa shape index (κ2) is 9.32. The first-order chi connectivity index (χ1) is 14.6. The number of pyridine rings is 1. The minimum absolute atomic E-state index is 0.0852. The minimum atomic E-state index is -0.0852. The number of nitrogens with one attached hydrogen (secondary N) is 1. The maximum absolute atomic E-state index is 12.7. The van der Waals surface area contributed by atoms with Crippen molar-refractivity contribution in [3.63, 3.8) is 0 Å². The van der Waals surface area contributed by atoms with Crippen molar-refractivity contribution in [3.05, 3.63) is 60.0 Å². The van der Waals surface area contributed by atoms with E-state index in [9.17, 15) is 4.79 Å². The highest BCUT2D eigenvalue weighted by Crippen LogP contribution is 2.26. The summed E-state index contributed by atoms with van der Waals surface area (Å²) in [4.78, 5) is 23.7. The van der Waals surface area contributed by atoms with Crippen LogP contribution >= 0.6 is 11.8 Å². The van der Waals surface area contributed by atoms with Gasteiger partial charge in [0.2, 0.25) is 5.91 Å². The Hall–Kier alpha value is -2.84. The fraction of sp³-hybridized carbons (Fsp3) is 0.318. The Kier molecular flexibility index (Phi) is 6.35. The maximum atomic E-state index is 12.7. The van der Waals surface area contributed by atoms with Gasteiger partial charge in [-0.05, 0) is 43.2 Å². The van der Waals surface area contributed by atoms with E-state index in [4.69, 9.17) is 4.74 Å². The molecule has 1 fully saturated rings. The summed E-state index contributed by atoms with van der Waals surface area (Å²) in [5.74, 6) is 0.966. The van der Waals surface area contributed by atoms with Crippen LogP contribution in [0.1, 0.15) is 11.1 Å². The van der Waals surface area contributed by atoms with Crippen LogP contribution in [0.5, 0.6) is 0 Å². The fourth-order valence-electron chi connectivity index (χ4n) is 3.40. The zero-order valence-corrected chi connectivity index (χ0v) is 18.0. The van der Waals surface area contributed by atoms with Gasteiger partial charge in [-0.1, -0.05) is 23.9 Å². The Morgan fingerprint density at radius 3 is 2.83 bits per heavy atom. The number of aryl methyl sites for hydroxylation is 2. The van der Waals surface area contributed by atoms with Crippen molar-refractivity contribution in [2.75, 3.05) is 42.3 Å². The molecule has 0 atom stereocenters. The number of rotatable bonds is 6. The SMILES string of the molecule is Cc1ccc(C)c(-n2ccnc2SCC(=O)Nc2cccnc2N2CCOCC2)c1. The Labute approximate surface area is 180 Å². The molecule has 1 aromatic carbocycles. The van der Waals surface area contributed by atoms with Gasteiger partial charge < -0.3 is 15.0 Å². The predicted molar refractivity (Wildman–Crippen MR) is 120 cm³/mol. The van der Waals surface area contributed by atoms with Gasteiger partial charge in [0.1, 0.15) is 0 Å². The molecule has 156 valence electrons. The summed E-state index contributed by atoms with van der Waals surface area (Å²) in [5, 5.41) is 3.80. The summed E-state index contributed by atoms with van der Waals surface area (Å²) in [7, 11) is 0. The molecule has 1 saturated heterocycles. The van der Waals surface area contributed by atoms with Crippen molar-refractivity contribution >= 4 is 29.2 Å². The molecule has 1 aliphatic rings. The molecule has 0 aliphatic carbocycles. The number of hydrogen-bond donors (Lipinski definition) is 1. The summed E-state index contributed by atoms with van der Waals surface area (Å²) in [6.07, 6.45) is 5.44. The number of carbonyl (C=O) groups is 1. The number of anilines is 2. The molecule has 0 spiro atoms. The molecule has 0 radical (unpaired) electrons. The lowest BCUT2D eigenvalue weighted by Gasteiger charge is -2.29. The number of amides is 1. The Morgan fingerprint density at radius 1 is 1.17 bits per heavy atom. The van der Waals surface area contributed by atoms with Crippen molar-refractivity contribution in [2.45, 2.75) is 19.0 Å². The molecule has 0 bridgehead atoms. The lowest BCUT2D eigenvalue weighted by molar-refractivity contribution is -0.113. The molecular weight excluding hydrogens is 398 g/mol. The van der Waals surface area contributed by atoms with Gasteiger partial charge in [-0.25, -0.2) is 9.97 Å². The highest BCUT2D eigenvalue weighted by Gasteiger charge is 2.18. The van der Waals surface area contributed by atoms with Crippen molar-refractivity contribution in [3.8, 4) is 5.69 Å². The number of nitrogens with zero attached hydrogens (tertiary/aromatic N) is 4. The zero-order valence-electron chi connectivity index (χ0n) is 17.2. The summed E-state index contributed by atoms with van der Waals surface area (Å²) >= 11 is 1.42. The maximum Gasteiger partial charge on any atom is 0.234 e. The van der Waals surface area contributed by atoms with Gasteiger partial charge >= 0.3 is 0 Å². The average Bonchev–Trinajstić information content (AvgIpc) is 3.23. The quantitative estimate of drug-likeness (QED) is 0.613. The van der Waals surface area contributed by atoms with Crippen LogP contribution in [0.25, 0.3) is 5.69 Å². The smallest absolute Gasteiger partial charge is 0.234 e. The summed E-state index contributed by atoms with van der Waals surface area (Å²) < 4.78 is 7.45. The molecule has 1 N–H and O–H groups in total. The van der Waals surface area contributed by atoms with Crippen LogP contribution in [-0.4, -0.2) is 52.5 Å².